The summed E-state index contributed by atoms with van der Waals surface area (Å²) in [6.07, 6.45) is 0.830. The van der Waals surface area contributed by atoms with E-state index in [0.29, 0.717) is 19.0 Å². The third kappa shape index (κ3) is 3.81. The van der Waals surface area contributed by atoms with E-state index < -0.39 is 12.3 Å². The number of benzene rings is 1. The standard InChI is InChI=1S/C15H18O6/c1-10-3-4-11(15-19-7-8-20-15)9-13(10)21-12(5-6-16)14(17)18-2/h3-5,9,15-16H,6-8H2,1-2H3/b12-5-. The zero-order valence-electron chi connectivity index (χ0n) is 12.0. The third-order valence-electron chi connectivity index (χ3n) is 2.99. The van der Waals surface area contributed by atoms with E-state index in [1.807, 2.05) is 19.1 Å². The van der Waals surface area contributed by atoms with Crippen molar-refractivity contribution < 1.29 is 28.8 Å². The summed E-state index contributed by atoms with van der Waals surface area (Å²) in [5.74, 6) is -0.229. The van der Waals surface area contributed by atoms with Crippen LogP contribution in [-0.2, 0) is 19.0 Å². The summed E-state index contributed by atoms with van der Waals surface area (Å²) in [5.41, 5.74) is 1.64. The quantitative estimate of drug-likeness (QED) is 0.503. The van der Waals surface area contributed by atoms with Gasteiger partial charge in [-0.05, 0) is 24.6 Å². The molecule has 1 aromatic carbocycles. The molecule has 1 aliphatic heterocycles. The number of rotatable bonds is 5. The van der Waals surface area contributed by atoms with Crippen molar-refractivity contribution in [3.05, 3.63) is 41.2 Å². The molecule has 1 aromatic rings. The number of aryl methyl sites for hydroxylation is 1. The summed E-state index contributed by atoms with van der Waals surface area (Å²) in [6, 6.07) is 5.48. The van der Waals surface area contributed by atoms with Crippen LogP contribution in [0.1, 0.15) is 17.4 Å². The van der Waals surface area contributed by atoms with Crippen LogP contribution >= 0.6 is 0 Å². The molecule has 1 N–H and O–H groups in total. The van der Waals surface area contributed by atoms with E-state index in [1.54, 1.807) is 6.07 Å². The van der Waals surface area contributed by atoms with Crippen molar-refractivity contribution in [2.75, 3.05) is 26.9 Å². The Morgan fingerprint density at radius 2 is 2.14 bits per heavy atom. The van der Waals surface area contributed by atoms with Crippen LogP contribution in [0, 0.1) is 6.92 Å². The molecule has 0 atom stereocenters. The second-order valence-electron chi connectivity index (χ2n) is 4.44. The predicted molar refractivity (Wildman–Crippen MR) is 73.6 cm³/mol. The summed E-state index contributed by atoms with van der Waals surface area (Å²) < 4.78 is 21.0. The molecule has 0 spiro atoms. The summed E-state index contributed by atoms with van der Waals surface area (Å²) in [6.45, 7) is 2.63. The molecule has 6 heteroatoms. The number of methoxy groups -OCH3 is 1. The highest BCUT2D eigenvalue weighted by molar-refractivity contribution is 5.86. The summed E-state index contributed by atoms with van der Waals surface area (Å²) in [7, 11) is 1.25. The Labute approximate surface area is 122 Å². The molecule has 0 radical (unpaired) electrons. The lowest BCUT2D eigenvalue weighted by atomic mass is 10.1. The molecule has 1 fully saturated rings. The van der Waals surface area contributed by atoms with Crippen LogP contribution in [0.5, 0.6) is 5.75 Å². The van der Waals surface area contributed by atoms with E-state index in [9.17, 15) is 4.79 Å². The van der Waals surface area contributed by atoms with Crippen LogP contribution in [0.4, 0.5) is 0 Å². The van der Waals surface area contributed by atoms with Gasteiger partial charge in [0.2, 0.25) is 5.76 Å². The molecule has 1 heterocycles. The van der Waals surface area contributed by atoms with Gasteiger partial charge in [0.25, 0.3) is 0 Å². The van der Waals surface area contributed by atoms with Crippen molar-refractivity contribution in [1.29, 1.82) is 0 Å². The van der Waals surface area contributed by atoms with Gasteiger partial charge >= 0.3 is 5.97 Å². The Morgan fingerprint density at radius 1 is 1.43 bits per heavy atom. The highest BCUT2D eigenvalue weighted by Crippen LogP contribution is 2.29. The van der Waals surface area contributed by atoms with Crippen LogP contribution in [0.3, 0.4) is 0 Å². The lowest BCUT2D eigenvalue weighted by Gasteiger charge is -2.14. The minimum absolute atomic E-state index is 0.0616. The summed E-state index contributed by atoms with van der Waals surface area (Å²) in [4.78, 5) is 11.6. The first kappa shape index (κ1) is 15.5. The van der Waals surface area contributed by atoms with Gasteiger partial charge in [-0.15, -0.1) is 0 Å². The summed E-state index contributed by atoms with van der Waals surface area (Å²) >= 11 is 0. The molecule has 2 rings (SSSR count). The number of esters is 1. The van der Waals surface area contributed by atoms with Gasteiger partial charge < -0.3 is 24.1 Å². The van der Waals surface area contributed by atoms with Crippen molar-refractivity contribution in [1.82, 2.24) is 0 Å². The molecule has 114 valence electrons. The molecule has 21 heavy (non-hydrogen) atoms. The molecule has 1 saturated heterocycles. The summed E-state index contributed by atoms with van der Waals surface area (Å²) in [5, 5.41) is 8.95. The largest absolute Gasteiger partial charge is 0.463 e. The second kappa shape index (κ2) is 7.21. The van der Waals surface area contributed by atoms with Gasteiger partial charge in [0.15, 0.2) is 6.29 Å². The van der Waals surface area contributed by atoms with Crippen LogP contribution in [-0.4, -0.2) is 38.0 Å². The average Bonchev–Trinajstić information content (AvgIpc) is 3.02. The van der Waals surface area contributed by atoms with Crippen LogP contribution < -0.4 is 4.74 Å². The van der Waals surface area contributed by atoms with E-state index in [-0.39, 0.29) is 12.4 Å². The third-order valence-corrected chi connectivity index (χ3v) is 2.99. The number of aliphatic hydroxyl groups excluding tert-OH is 1. The van der Waals surface area contributed by atoms with Gasteiger partial charge in [0.05, 0.1) is 26.9 Å². The van der Waals surface area contributed by atoms with Gasteiger partial charge in [-0.25, -0.2) is 4.79 Å². The lowest BCUT2D eigenvalue weighted by molar-refractivity contribution is -0.138. The van der Waals surface area contributed by atoms with E-state index >= 15 is 0 Å². The lowest BCUT2D eigenvalue weighted by Crippen LogP contribution is -2.12. The van der Waals surface area contributed by atoms with E-state index in [4.69, 9.17) is 19.3 Å². The van der Waals surface area contributed by atoms with Crippen molar-refractivity contribution in [3.8, 4) is 5.75 Å². The fourth-order valence-electron chi connectivity index (χ4n) is 1.89. The predicted octanol–water partition coefficient (Wildman–Crippen LogP) is 1.47. The Bertz CT molecular complexity index is 531. The van der Waals surface area contributed by atoms with Crippen LogP contribution in [0.2, 0.25) is 0 Å². The first-order valence-electron chi connectivity index (χ1n) is 6.56. The van der Waals surface area contributed by atoms with Crippen LogP contribution in [0.15, 0.2) is 30.0 Å². The first-order chi connectivity index (χ1) is 10.2. The Kier molecular flexibility index (Phi) is 5.32. The minimum Gasteiger partial charge on any atom is -0.463 e. The first-order valence-corrected chi connectivity index (χ1v) is 6.56. The molecule has 0 aliphatic carbocycles. The molecular weight excluding hydrogens is 276 g/mol. The minimum atomic E-state index is -0.651. The SMILES string of the molecule is COC(=O)/C(=C/CO)Oc1cc(C2OCCO2)ccc1C. The average molecular weight is 294 g/mol. The maximum Gasteiger partial charge on any atom is 0.373 e. The highest BCUT2D eigenvalue weighted by atomic mass is 16.7. The Balaban J connectivity index is 2.23. The fourth-order valence-corrected chi connectivity index (χ4v) is 1.89. The maximum atomic E-state index is 11.6. The molecule has 0 aromatic heterocycles. The number of hydrogen-bond donors (Lipinski definition) is 1. The zero-order chi connectivity index (χ0) is 15.2. The molecule has 6 nitrogen and oxygen atoms in total. The topological polar surface area (TPSA) is 74.2 Å². The van der Waals surface area contributed by atoms with Crippen molar-refractivity contribution in [3.63, 3.8) is 0 Å². The molecule has 0 bridgehead atoms. The van der Waals surface area contributed by atoms with E-state index in [2.05, 4.69) is 4.74 Å². The van der Waals surface area contributed by atoms with E-state index in [0.717, 1.165) is 11.1 Å². The van der Waals surface area contributed by atoms with Crippen molar-refractivity contribution >= 4 is 5.97 Å². The molecular formula is C15H18O6. The Morgan fingerprint density at radius 3 is 2.76 bits per heavy atom. The van der Waals surface area contributed by atoms with Crippen molar-refractivity contribution in [2.45, 2.75) is 13.2 Å². The van der Waals surface area contributed by atoms with Gasteiger partial charge in [-0.1, -0.05) is 12.1 Å². The molecule has 0 unspecified atom stereocenters. The van der Waals surface area contributed by atoms with Crippen LogP contribution in [0.25, 0.3) is 0 Å². The second-order valence-corrected chi connectivity index (χ2v) is 4.44. The maximum absolute atomic E-state index is 11.6. The molecule has 0 amide bonds. The van der Waals surface area contributed by atoms with Crippen molar-refractivity contribution in [2.24, 2.45) is 0 Å². The van der Waals surface area contributed by atoms with Gasteiger partial charge in [-0.2, -0.15) is 0 Å². The number of carbonyl (C=O) groups is 1. The zero-order valence-corrected chi connectivity index (χ0v) is 12.0. The Hall–Kier alpha value is -1.89. The smallest absolute Gasteiger partial charge is 0.373 e. The number of ether oxygens (including phenoxy) is 4. The van der Waals surface area contributed by atoms with Gasteiger partial charge in [0, 0.05) is 5.56 Å². The number of aliphatic hydroxyl groups is 1. The normalized spacial score (nSPS) is 16.0. The number of hydrogen-bond acceptors (Lipinski definition) is 6. The highest BCUT2D eigenvalue weighted by Gasteiger charge is 2.20. The van der Waals surface area contributed by atoms with E-state index in [1.165, 1.54) is 13.2 Å². The molecule has 1 aliphatic rings. The number of carbonyl (C=O) groups excluding carboxylic acids is 1. The van der Waals surface area contributed by atoms with Gasteiger partial charge in [-0.3, -0.25) is 0 Å². The van der Waals surface area contributed by atoms with Gasteiger partial charge in [0.1, 0.15) is 5.75 Å². The fraction of sp³-hybridized carbons (Fsp3) is 0.400. The molecule has 0 saturated carbocycles. The monoisotopic (exact) mass is 294 g/mol.